The van der Waals surface area contributed by atoms with Gasteiger partial charge in [0.05, 0.1) is 6.04 Å². The molecular weight excluding hydrogens is 248 g/mol. The number of hydrogen-bond donors (Lipinski definition) is 2. The average molecular weight is 274 g/mol. The van der Waals surface area contributed by atoms with Crippen LogP contribution < -0.4 is 10.6 Å². The first-order chi connectivity index (χ1) is 9.56. The molecule has 1 aliphatic rings. The van der Waals surface area contributed by atoms with Gasteiger partial charge in [0.1, 0.15) is 0 Å². The van der Waals surface area contributed by atoms with Crippen molar-refractivity contribution in [1.82, 2.24) is 10.6 Å². The van der Waals surface area contributed by atoms with Crippen LogP contribution in [0.5, 0.6) is 0 Å². The molecule has 1 saturated heterocycles. The highest BCUT2D eigenvalue weighted by Crippen LogP contribution is 2.20. The zero-order valence-corrected chi connectivity index (χ0v) is 12.8. The zero-order chi connectivity index (χ0) is 14.5. The van der Waals surface area contributed by atoms with Crippen molar-refractivity contribution >= 4 is 5.91 Å². The van der Waals surface area contributed by atoms with Crippen molar-refractivity contribution in [3.63, 3.8) is 0 Å². The lowest BCUT2D eigenvalue weighted by Crippen LogP contribution is -2.33. The fraction of sp³-hybridized carbons (Fsp3) is 0.588. The summed E-state index contributed by atoms with van der Waals surface area (Å²) in [6.07, 6.45) is 2.90. The first-order valence-corrected chi connectivity index (χ1v) is 7.63. The van der Waals surface area contributed by atoms with E-state index in [1.54, 1.807) is 0 Å². The summed E-state index contributed by atoms with van der Waals surface area (Å²) in [6, 6.07) is 6.49. The van der Waals surface area contributed by atoms with Gasteiger partial charge in [0.15, 0.2) is 0 Å². The smallest absolute Gasteiger partial charge is 0.220 e. The summed E-state index contributed by atoms with van der Waals surface area (Å²) in [5, 5.41) is 6.48. The van der Waals surface area contributed by atoms with E-state index in [9.17, 15) is 4.79 Å². The molecule has 1 aliphatic heterocycles. The van der Waals surface area contributed by atoms with E-state index in [0.717, 1.165) is 25.9 Å². The van der Waals surface area contributed by atoms with Gasteiger partial charge in [0.2, 0.25) is 5.91 Å². The van der Waals surface area contributed by atoms with E-state index in [4.69, 9.17) is 0 Å². The Morgan fingerprint density at radius 3 is 2.70 bits per heavy atom. The van der Waals surface area contributed by atoms with Crippen LogP contribution in [0.4, 0.5) is 0 Å². The Morgan fingerprint density at radius 2 is 2.05 bits per heavy atom. The molecule has 2 rings (SSSR count). The number of nitrogens with one attached hydrogen (secondary N) is 2. The van der Waals surface area contributed by atoms with Gasteiger partial charge in [-0.25, -0.2) is 0 Å². The number of rotatable bonds is 4. The molecule has 0 radical (unpaired) electrons. The molecule has 3 heteroatoms. The van der Waals surface area contributed by atoms with Crippen LogP contribution in [-0.4, -0.2) is 19.0 Å². The summed E-state index contributed by atoms with van der Waals surface area (Å²) in [5.41, 5.74) is 3.73. The summed E-state index contributed by atoms with van der Waals surface area (Å²) in [6.45, 7) is 8.36. The molecule has 1 amide bonds. The van der Waals surface area contributed by atoms with Gasteiger partial charge < -0.3 is 10.6 Å². The minimum absolute atomic E-state index is 0.0878. The first-order valence-electron chi connectivity index (χ1n) is 7.63. The topological polar surface area (TPSA) is 41.1 Å². The molecule has 1 atom stereocenters. The predicted octanol–water partition coefficient (Wildman–Crippen LogP) is 2.87. The lowest BCUT2D eigenvalue weighted by Gasteiger charge is -2.23. The van der Waals surface area contributed by atoms with E-state index in [0.29, 0.717) is 12.3 Å². The van der Waals surface area contributed by atoms with Crippen molar-refractivity contribution in [2.45, 2.75) is 46.1 Å². The van der Waals surface area contributed by atoms with Gasteiger partial charge in [-0.1, -0.05) is 23.8 Å². The van der Waals surface area contributed by atoms with Crippen LogP contribution in [0.2, 0.25) is 0 Å². The molecule has 0 aromatic heterocycles. The SMILES string of the molecule is Cc1ccc(C(C)NC(=O)CC2CCNCC2)c(C)c1. The van der Waals surface area contributed by atoms with Gasteiger partial charge >= 0.3 is 0 Å². The van der Waals surface area contributed by atoms with Crippen LogP contribution in [0.3, 0.4) is 0 Å². The van der Waals surface area contributed by atoms with Crippen LogP contribution >= 0.6 is 0 Å². The normalized spacial score (nSPS) is 17.8. The number of carbonyl (C=O) groups is 1. The minimum atomic E-state index is 0.0878. The van der Waals surface area contributed by atoms with Crippen molar-refractivity contribution in [2.75, 3.05) is 13.1 Å². The molecule has 1 heterocycles. The van der Waals surface area contributed by atoms with E-state index >= 15 is 0 Å². The molecule has 0 saturated carbocycles. The molecule has 1 aromatic carbocycles. The fourth-order valence-electron chi connectivity index (χ4n) is 3.04. The highest BCUT2D eigenvalue weighted by molar-refractivity contribution is 5.76. The van der Waals surface area contributed by atoms with Crippen LogP contribution in [0.1, 0.15) is 48.9 Å². The average Bonchev–Trinajstić information content (AvgIpc) is 2.39. The van der Waals surface area contributed by atoms with Crippen molar-refractivity contribution in [2.24, 2.45) is 5.92 Å². The summed E-state index contributed by atoms with van der Waals surface area (Å²) < 4.78 is 0. The molecule has 20 heavy (non-hydrogen) atoms. The van der Waals surface area contributed by atoms with Crippen molar-refractivity contribution in [1.29, 1.82) is 0 Å². The Labute approximate surface area is 122 Å². The lowest BCUT2D eigenvalue weighted by molar-refractivity contribution is -0.122. The molecule has 3 nitrogen and oxygen atoms in total. The Morgan fingerprint density at radius 1 is 1.35 bits per heavy atom. The summed E-state index contributed by atoms with van der Waals surface area (Å²) >= 11 is 0. The maximum atomic E-state index is 12.1. The molecule has 1 aromatic rings. The van der Waals surface area contributed by atoms with E-state index in [2.05, 4.69) is 49.6 Å². The van der Waals surface area contributed by atoms with Gasteiger partial charge in [-0.3, -0.25) is 4.79 Å². The molecule has 0 aliphatic carbocycles. The Bertz CT molecular complexity index is 464. The third-order valence-corrected chi connectivity index (χ3v) is 4.20. The van der Waals surface area contributed by atoms with E-state index in [1.165, 1.54) is 16.7 Å². The summed E-state index contributed by atoms with van der Waals surface area (Å²) in [4.78, 5) is 12.1. The molecule has 110 valence electrons. The predicted molar refractivity (Wildman–Crippen MR) is 82.7 cm³/mol. The number of hydrogen-bond acceptors (Lipinski definition) is 2. The third-order valence-electron chi connectivity index (χ3n) is 4.20. The quantitative estimate of drug-likeness (QED) is 0.886. The van der Waals surface area contributed by atoms with Gasteiger partial charge in [-0.15, -0.1) is 0 Å². The van der Waals surface area contributed by atoms with Crippen molar-refractivity contribution in [3.05, 3.63) is 34.9 Å². The number of benzene rings is 1. The number of amides is 1. The number of aryl methyl sites for hydroxylation is 2. The lowest BCUT2D eigenvalue weighted by atomic mass is 9.94. The van der Waals surface area contributed by atoms with Crippen LogP contribution in [-0.2, 0) is 4.79 Å². The largest absolute Gasteiger partial charge is 0.350 e. The van der Waals surface area contributed by atoms with Gasteiger partial charge in [0, 0.05) is 6.42 Å². The van der Waals surface area contributed by atoms with Crippen LogP contribution in [0.15, 0.2) is 18.2 Å². The van der Waals surface area contributed by atoms with Crippen LogP contribution in [0, 0.1) is 19.8 Å². The molecule has 1 fully saturated rings. The van der Waals surface area contributed by atoms with Crippen molar-refractivity contribution in [3.8, 4) is 0 Å². The van der Waals surface area contributed by atoms with Gasteiger partial charge in [-0.2, -0.15) is 0 Å². The Hall–Kier alpha value is -1.35. The minimum Gasteiger partial charge on any atom is -0.350 e. The summed E-state index contributed by atoms with van der Waals surface area (Å²) in [7, 11) is 0. The second-order valence-corrected chi connectivity index (χ2v) is 6.05. The van der Waals surface area contributed by atoms with Crippen LogP contribution in [0.25, 0.3) is 0 Å². The zero-order valence-electron chi connectivity index (χ0n) is 12.8. The molecule has 1 unspecified atom stereocenters. The highest BCUT2D eigenvalue weighted by Gasteiger charge is 2.18. The fourth-order valence-corrected chi connectivity index (χ4v) is 3.04. The summed E-state index contributed by atoms with van der Waals surface area (Å²) in [5.74, 6) is 0.729. The van der Waals surface area contributed by atoms with Crippen molar-refractivity contribution < 1.29 is 4.79 Å². The van der Waals surface area contributed by atoms with Gasteiger partial charge in [0.25, 0.3) is 0 Å². The molecule has 0 bridgehead atoms. The van der Waals surface area contributed by atoms with E-state index < -0.39 is 0 Å². The third kappa shape index (κ3) is 4.07. The molecule has 0 spiro atoms. The molecular formula is C17H26N2O. The second kappa shape index (κ2) is 6.89. The van der Waals surface area contributed by atoms with Gasteiger partial charge in [-0.05, 0) is 63.7 Å². The van der Waals surface area contributed by atoms with E-state index in [1.807, 2.05) is 0 Å². The monoisotopic (exact) mass is 274 g/mol. The first kappa shape index (κ1) is 15.0. The Kier molecular flexibility index (Phi) is 5.18. The second-order valence-electron chi connectivity index (χ2n) is 6.05. The highest BCUT2D eigenvalue weighted by atomic mass is 16.1. The maximum Gasteiger partial charge on any atom is 0.220 e. The number of piperidine rings is 1. The number of carbonyl (C=O) groups excluding carboxylic acids is 1. The van der Waals surface area contributed by atoms with E-state index in [-0.39, 0.29) is 11.9 Å². The maximum absolute atomic E-state index is 12.1. The Balaban J connectivity index is 1.89. The molecule has 2 N–H and O–H groups in total. The standard InChI is InChI=1S/C17H26N2O/c1-12-4-5-16(13(2)10-12)14(3)19-17(20)11-15-6-8-18-9-7-15/h4-5,10,14-15,18H,6-9,11H2,1-3H3,(H,19,20).